The molecule has 0 unspecified atom stereocenters. The van der Waals surface area contributed by atoms with E-state index in [0.717, 1.165) is 22.0 Å². The molecule has 0 fully saturated rings. The van der Waals surface area contributed by atoms with Crippen molar-refractivity contribution in [1.82, 2.24) is 9.55 Å². The van der Waals surface area contributed by atoms with Gasteiger partial charge in [-0.3, -0.25) is 9.52 Å². The van der Waals surface area contributed by atoms with Gasteiger partial charge in [0.05, 0.1) is 11.4 Å². The molecule has 4 aromatic rings. The van der Waals surface area contributed by atoms with Gasteiger partial charge in [0.1, 0.15) is 9.90 Å². The molecule has 0 aliphatic heterocycles. The van der Waals surface area contributed by atoms with Crippen molar-refractivity contribution in [1.29, 1.82) is 0 Å². The number of sulfonamides is 1. The number of rotatable bonds is 6. The quantitative estimate of drug-likeness (QED) is 0.412. The largest absolute Gasteiger partial charge is 0.345 e. The van der Waals surface area contributed by atoms with E-state index < -0.39 is 10.0 Å². The maximum Gasteiger partial charge on any atom is 0.263 e. The predicted octanol–water partition coefficient (Wildman–Crippen LogP) is 5.13. The highest BCUT2D eigenvalue weighted by molar-refractivity contribution is 7.92. The molecular formula is C23H21N3O3S2. The molecule has 0 saturated carbocycles. The average Bonchev–Trinajstić information content (AvgIpc) is 3.35. The Morgan fingerprint density at radius 3 is 2.39 bits per heavy atom. The van der Waals surface area contributed by atoms with Gasteiger partial charge in [-0.1, -0.05) is 30.3 Å². The van der Waals surface area contributed by atoms with Crippen LogP contribution in [-0.2, 0) is 17.1 Å². The van der Waals surface area contributed by atoms with E-state index in [1.54, 1.807) is 37.3 Å². The van der Waals surface area contributed by atoms with Crippen molar-refractivity contribution in [3.63, 3.8) is 0 Å². The molecule has 0 atom stereocenters. The summed E-state index contributed by atoms with van der Waals surface area (Å²) in [7, 11) is -1.98. The Hall–Kier alpha value is -3.23. The second-order valence-corrected chi connectivity index (χ2v) is 9.69. The number of ketones is 1. The van der Waals surface area contributed by atoms with Gasteiger partial charge in [-0.15, -0.1) is 11.3 Å². The molecule has 0 saturated heterocycles. The fraction of sp³-hybridized carbons (Fsp3) is 0.130. The lowest BCUT2D eigenvalue weighted by Crippen LogP contribution is -2.14. The third-order valence-corrected chi connectivity index (χ3v) is 7.48. The highest BCUT2D eigenvalue weighted by Crippen LogP contribution is 2.33. The van der Waals surface area contributed by atoms with Gasteiger partial charge >= 0.3 is 0 Å². The van der Waals surface area contributed by atoms with Gasteiger partial charge in [-0.2, -0.15) is 0 Å². The van der Waals surface area contributed by atoms with Gasteiger partial charge in [0, 0.05) is 34.9 Å². The Balaban J connectivity index is 1.65. The third-order valence-electron chi connectivity index (χ3n) is 5.11. The number of aromatic nitrogens is 2. The molecule has 0 bridgehead atoms. The number of hydrogen-bond acceptors (Lipinski definition) is 5. The Morgan fingerprint density at radius 1 is 1.06 bits per heavy atom. The van der Waals surface area contributed by atoms with Crippen LogP contribution in [0.15, 0.2) is 70.9 Å². The standard InChI is InChI=1S/C23H21N3O3S2/c1-15-22(31(28,29)25-19-11-9-17(10-12-19)16(2)27)13-21(26(15)3)23-24-20(14-30-23)18-7-5-4-6-8-18/h4-14,25H,1-3H3. The van der Waals surface area contributed by atoms with Gasteiger partial charge in [-0.25, -0.2) is 13.4 Å². The van der Waals surface area contributed by atoms with Crippen molar-refractivity contribution in [2.45, 2.75) is 18.7 Å². The number of benzene rings is 2. The van der Waals surface area contributed by atoms with Crippen molar-refractivity contribution < 1.29 is 13.2 Å². The van der Waals surface area contributed by atoms with Gasteiger partial charge < -0.3 is 4.57 Å². The van der Waals surface area contributed by atoms with Gasteiger partial charge in [0.25, 0.3) is 10.0 Å². The number of hydrogen-bond donors (Lipinski definition) is 1. The minimum absolute atomic E-state index is 0.0729. The van der Waals surface area contributed by atoms with Crippen LogP contribution in [0, 0.1) is 6.92 Å². The Morgan fingerprint density at radius 2 is 1.74 bits per heavy atom. The molecule has 0 radical (unpaired) electrons. The van der Waals surface area contributed by atoms with Crippen LogP contribution in [0.25, 0.3) is 22.0 Å². The fourth-order valence-electron chi connectivity index (χ4n) is 3.26. The summed E-state index contributed by atoms with van der Waals surface area (Å²) in [5, 5.41) is 2.72. The predicted molar refractivity (Wildman–Crippen MR) is 124 cm³/mol. The van der Waals surface area contributed by atoms with E-state index in [9.17, 15) is 13.2 Å². The van der Waals surface area contributed by atoms with E-state index in [4.69, 9.17) is 4.98 Å². The summed E-state index contributed by atoms with van der Waals surface area (Å²) in [6.07, 6.45) is 0. The van der Waals surface area contributed by atoms with Crippen molar-refractivity contribution in [2.75, 3.05) is 4.72 Å². The number of carbonyl (C=O) groups is 1. The number of nitrogens with zero attached hydrogens (tertiary/aromatic N) is 2. The van der Waals surface area contributed by atoms with E-state index in [1.165, 1.54) is 18.3 Å². The van der Waals surface area contributed by atoms with Gasteiger partial charge in [0.15, 0.2) is 5.78 Å². The van der Waals surface area contributed by atoms with Crippen LogP contribution in [0.3, 0.4) is 0 Å². The molecule has 2 aromatic carbocycles. The number of carbonyl (C=O) groups excluding carboxylic acids is 1. The van der Waals surface area contributed by atoms with Crippen LogP contribution in [0.1, 0.15) is 23.0 Å². The highest BCUT2D eigenvalue weighted by Gasteiger charge is 2.23. The Bertz CT molecular complexity index is 1350. The minimum Gasteiger partial charge on any atom is -0.345 e. The zero-order valence-corrected chi connectivity index (χ0v) is 18.9. The molecule has 4 rings (SSSR count). The third kappa shape index (κ3) is 4.17. The maximum atomic E-state index is 13.1. The molecule has 0 aliphatic carbocycles. The SMILES string of the molecule is CC(=O)c1ccc(NS(=O)(=O)c2cc(-c3nc(-c4ccccc4)cs3)n(C)c2C)cc1. The number of anilines is 1. The summed E-state index contributed by atoms with van der Waals surface area (Å²) < 4.78 is 30.5. The first-order valence-electron chi connectivity index (χ1n) is 9.58. The normalized spacial score (nSPS) is 11.5. The molecule has 158 valence electrons. The maximum absolute atomic E-state index is 13.1. The summed E-state index contributed by atoms with van der Waals surface area (Å²) in [6.45, 7) is 3.23. The van der Waals surface area contributed by atoms with Crippen LogP contribution in [0.5, 0.6) is 0 Å². The number of Topliss-reactive ketones (excluding diaryl/α,β-unsaturated/α-hetero) is 1. The second kappa shape index (κ2) is 8.13. The van der Waals surface area contributed by atoms with Crippen LogP contribution in [0.4, 0.5) is 5.69 Å². The van der Waals surface area contributed by atoms with Gasteiger partial charge in [0.2, 0.25) is 0 Å². The zero-order chi connectivity index (χ0) is 22.2. The molecule has 2 heterocycles. The Kier molecular flexibility index (Phi) is 5.51. The molecule has 0 amide bonds. The first-order valence-corrected chi connectivity index (χ1v) is 11.9. The lowest BCUT2D eigenvalue weighted by Gasteiger charge is -2.08. The van der Waals surface area contributed by atoms with Crippen molar-refractivity contribution in [3.05, 3.63) is 77.3 Å². The van der Waals surface area contributed by atoms with Crippen molar-refractivity contribution in [2.24, 2.45) is 7.05 Å². The highest BCUT2D eigenvalue weighted by atomic mass is 32.2. The van der Waals surface area contributed by atoms with Gasteiger partial charge in [-0.05, 0) is 44.2 Å². The molecular weight excluding hydrogens is 430 g/mol. The van der Waals surface area contributed by atoms with E-state index in [0.29, 0.717) is 16.9 Å². The molecule has 0 spiro atoms. The van der Waals surface area contributed by atoms with Crippen LogP contribution in [0.2, 0.25) is 0 Å². The second-order valence-electron chi connectivity index (χ2n) is 7.18. The first-order chi connectivity index (χ1) is 14.8. The summed E-state index contributed by atoms with van der Waals surface area (Å²) in [4.78, 5) is 16.3. The van der Waals surface area contributed by atoms with E-state index in [1.807, 2.05) is 47.3 Å². The monoisotopic (exact) mass is 451 g/mol. The fourth-order valence-corrected chi connectivity index (χ4v) is 5.49. The lowest BCUT2D eigenvalue weighted by molar-refractivity contribution is 0.101. The topological polar surface area (TPSA) is 81.1 Å². The Labute approximate surface area is 185 Å². The summed E-state index contributed by atoms with van der Waals surface area (Å²) in [6, 6.07) is 17.9. The molecule has 0 aliphatic rings. The smallest absolute Gasteiger partial charge is 0.263 e. The number of nitrogens with one attached hydrogen (secondary N) is 1. The van der Waals surface area contributed by atoms with Crippen molar-refractivity contribution in [3.8, 4) is 22.0 Å². The van der Waals surface area contributed by atoms with Crippen LogP contribution < -0.4 is 4.72 Å². The molecule has 31 heavy (non-hydrogen) atoms. The molecule has 2 aromatic heterocycles. The number of thiazole rings is 1. The molecule has 1 N–H and O–H groups in total. The van der Waals surface area contributed by atoms with E-state index in [2.05, 4.69) is 4.72 Å². The van der Waals surface area contributed by atoms with Crippen molar-refractivity contribution >= 4 is 32.8 Å². The average molecular weight is 452 g/mol. The van der Waals surface area contributed by atoms with E-state index >= 15 is 0 Å². The minimum atomic E-state index is -3.81. The first kappa shape index (κ1) is 21.0. The summed E-state index contributed by atoms with van der Waals surface area (Å²) in [5.41, 5.74) is 4.14. The molecule has 8 heteroatoms. The lowest BCUT2D eigenvalue weighted by atomic mass is 10.1. The zero-order valence-electron chi connectivity index (χ0n) is 17.3. The van der Waals surface area contributed by atoms with Crippen LogP contribution in [-0.4, -0.2) is 23.8 Å². The summed E-state index contributed by atoms with van der Waals surface area (Å²) >= 11 is 1.47. The van der Waals surface area contributed by atoms with E-state index in [-0.39, 0.29) is 10.7 Å². The van der Waals surface area contributed by atoms with Crippen LogP contribution >= 0.6 is 11.3 Å². The molecule has 6 nitrogen and oxygen atoms in total. The summed E-state index contributed by atoms with van der Waals surface area (Å²) in [5.74, 6) is -0.0729.